The monoisotopic (exact) mass is 344 g/mol. The first-order valence-corrected chi connectivity index (χ1v) is 8.19. The second-order valence-corrected chi connectivity index (χ2v) is 6.28. The molecule has 7 nitrogen and oxygen atoms in total. The van der Waals surface area contributed by atoms with Gasteiger partial charge in [0.1, 0.15) is 5.82 Å². The lowest BCUT2D eigenvalue weighted by molar-refractivity contribution is 0.0978. The SMILES string of the molecule is Cc1cc(C(=O)[C@H](C#N)c2nc3ccccc3[nH]2)c2c(C)nn(C)c2n1. The van der Waals surface area contributed by atoms with E-state index in [4.69, 9.17) is 0 Å². The molecule has 0 unspecified atom stereocenters. The number of H-pyrrole nitrogens is 1. The molecule has 0 saturated heterocycles. The molecule has 0 bridgehead atoms. The van der Waals surface area contributed by atoms with Gasteiger partial charge in [-0.1, -0.05) is 12.1 Å². The highest BCUT2D eigenvalue weighted by Gasteiger charge is 2.28. The zero-order chi connectivity index (χ0) is 18.4. The molecule has 0 fully saturated rings. The summed E-state index contributed by atoms with van der Waals surface area (Å²) >= 11 is 0. The third kappa shape index (κ3) is 2.35. The summed E-state index contributed by atoms with van der Waals surface area (Å²) < 4.78 is 1.65. The van der Waals surface area contributed by atoms with E-state index in [1.165, 1.54) is 0 Å². The normalized spacial score (nSPS) is 12.4. The number of pyridine rings is 1. The molecule has 1 aromatic carbocycles. The third-order valence-electron chi connectivity index (χ3n) is 4.43. The van der Waals surface area contributed by atoms with Crippen molar-refractivity contribution in [3.05, 3.63) is 53.1 Å². The molecule has 0 radical (unpaired) electrons. The van der Waals surface area contributed by atoms with Gasteiger partial charge in [0.15, 0.2) is 17.3 Å². The summed E-state index contributed by atoms with van der Waals surface area (Å²) in [7, 11) is 1.79. The minimum Gasteiger partial charge on any atom is -0.340 e. The van der Waals surface area contributed by atoms with Gasteiger partial charge in [0.05, 0.1) is 28.2 Å². The van der Waals surface area contributed by atoms with Crippen molar-refractivity contribution in [3.8, 4) is 6.07 Å². The average molecular weight is 344 g/mol. The van der Waals surface area contributed by atoms with Gasteiger partial charge in [-0.05, 0) is 32.0 Å². The van der Waals surface area contributed by atoms with E-state index >= 15 is 0 Å². The van der Waals surface area contributed by atoms with Crippen molar-refractivity contribution in [1.29, 1.82) is 5.26 Å². The molecule has 0 saturated carbocycles. The number of aromatic amines is 1. The van der Waals surface area contributed by atoms with Gasteiger partial charge >= 0.3 is 0 Å². The van der Waals surface area contributed by atoms with Crippen molar-refractivity contribution in [2.24, 2.45) is 7.05 Å². The van der Waals surface area contributed by atoms with E-state index in [0.717, 1.165) is 11.0 Å². The molecule has 7 heteroatoms. The number of imidazole rings is 1. The Morgan fingerprint density at radius 1 is 1.27 bits per heavy atom. The fraction of sp³-hybridized carbons (Fsp3) is 0.211. The molecule has 0 amide bonds. The van der Waals surface area contributed by atoms with E-state index < -0.39 is 5.92 Å². The third-order valence-corrected chi connectivity index (χ3v) is 4.43. The zero-order valence-electron chi connectivity index (χ0n) is 14.6. The van der Waals surface area contributed by atoms with Crippen molar-refractivity contribution in [2.75, 3.05) is 0 Å². The summed E-state index contributed by atoms with van der Waals surface area (Å²) in [5, 5.41) is 14.7. The number of Topliss-reactive ketones (excluding diaryl/α,β-unsaturated/α-hetero) is 1. The molecule has 1 N–H and O–H groups in total. The number of nitriles is 1. The Kier molecular flexibility index (Phi) is 3.55. The number of rotatable bonds is 3. The molecule has 4 rings (SSSR count). The molecule has 128 valence electrons. The van der Waals surface area contributed by atoms with Gasteiger partial charge in [0.25, 0.3) is 0 Å². The highest BCUT2D eigenvalue weighted by molar-refractivity contribution is 6.11. The maximum atomic E-state index is 13.2. The minimum atomic E-state index is -1.02. The number of aromatic nitrogens is 5. The van der Waals surface area contributed by atoms with E-state index in [1.54, 1.807) is 17.8 Å². The molecule has 26 heavy (non-hydrogen) atoms. The van der Waals surface area contributed by atoms with Crippen LogP contribution < -0.4 is 0 Å². The van der Waals surface area contributed by atoms with E-state index in [2.05, 4.69) is 26.1 Å². The molecule has 0 aliphatic heterocycles. The van der Waals surface area contributed by atoms with Crippen LogP contribution in [0.3, 0.4) is 0 Å². The first kappa shape index (κ1) is 16.0. The van der Waals surface area contributed by atoms with Gasteiger partial charge in [0, 0.05) is 18.3 Å². The van der Waals surface area contributed by atoms with Crippen LogP contribution in [0.5, 0.6) is 0 Å². The first-order valence-electron chi connectivity index (χ1n) is 8.19. The summed E-state index contributed by atoms with van der Waals surface area (Å²) in [6.45, 7) is 3.65. The lowest BCUT2D eigenvalue weighted by atomic mass is 9.95. The van der Waals surface area contributed by atoms with E-state index in [9.17, 15) is 10.1 Å². The highest BCUT2D eigenvalue weighted by Crippen LogP contribution is 2.27. The van der Waals surface area contributed by atoms with Gasteiger partial charge in [-0.25, -0.2) is 9.97 Å². The Balaban J connectivity index is 1.88. The first-order chi connectivity index (χ1) is 12.5. The van der Waals surface area contributed by atoms with Crippen LogP contribution in [-0.4, -0.2) is 30.5 Å². The van der Waals surface area contributed by atoms with Crippen LogP contribution in [-0.2, 0) is 7.05 Å². The van der Waals surface area contributed by atoms with Gasteiger partial charge in [-0.3, -0.25) is 9.48 Å². The Morgan fingerprint density at radius 3 is 2.77 bits per heavy atom. The largest absolute Gasteiger partial charge is 0.340 e. The van der Waals surface area contributed by atoms with Gasteiger partial charge in [0.2, 0.25) is 0 Å². The fourth-order valence-corrected chi connectivity index (χ4v) is 3.27. The van der Waals surface area contributed by atoms with Crippen LogP contribution in [0.25, 0.3) is 22.1 Å². The van der Waals surface area contributed by atoms with Crippen LogP contribution in [0.2, 0.25) is 0 Å². The number of fused-ring (bicyclic) bond motifs is 2. The number of ketones is 1. The summed E-state index contributed by atoms with van der Waals surface area (Å²) in [4.78, 5) is 25.2. The quantitative estimate of drug-likeness (QED) is 0.576. The number of hydrogen-bond donors (Lipinski definition) is 1. The number of carbonyl (C=O) groups excluding carboxylic acids is 1. The predicted octanol–water partition coefficient (Wildman–Crippen LogP) is 2.95. The minimum absolute atomic E-state index is 0.307. The van der Waals surface area contributed by atoms with Gasteiger partial charge < -0.3 is 4.98 Å². The summed E-state index contributed by atoms with van der Waals surface area (Å²) in [5.41, 5.74) is 4.01. The second kappa shape index (κ2) is 5.77. The Bertz CT molecular complexity index is 1180. The molecule has 3 aromatic heterocycles. The molecule has 0 aliphatic rings. The topological polar surface area (TPSA) is 100 Å². The smallest absolute Gasteiger partial charge is 0.188 e. The molecule has 1 atom stereocenters. The van der Waals surface area contributed by atoms with E-state index in [1.807, 2.05) is 38.1 Å². The maximum Gasteiger partial charge on any atom is 0.188 e. The fourth-order valence-electron chi connectivity index (χ4n) is 3.27. The Morgan fingerprint density at radius 2 is 2.04 bits per heavy atom. The highest BCUT2D eigenvalue weighted by atomic mass is 16.1. The number of hydrogen-bond acceptors (Lipinski definition) is 5. The van der Waals surface area contributed by atoms with Crippen LogP contribution in [0.1, 0.15) is 33.5 Å². The van der Waals surface area contributed by atoms with Crippen molar-refractivity contribution < 1.29 is 4.79 Å². The van der Waals surface area contributed by atoms with Crippen LogP contribution in [0.15, 0.2) is 30.3 Å². The molecular weight excluding hydrogens is 328 g/mol. The summed E-state index contributed by atoms with van der Waals surface area (Å²) in [6.07, 6.45) is 0. The zero-order valence-corrected chi connectivity index (χ0v) is 14.6. The predicted molar refractivity (Wildman–Crippen MR) is 96.8 cm³/mol. The summed E-state index contributed by atoms with van der Waals surface area (Å²) in [6, 6.07) is 11.3. The van der Waals surface area contributed by atoms with Crippen molar-refractivity contribution in [1.82, 2.24) is 24.7 Å². The molecule has 3 heterocycles. The van der Waals surface area contributed by atoms with Crippen LogP contribution in [0, 0.1) is 25.2 Å². The van der Waals surface area contributed by atoms with E-state index in [-0.39, 0.29) is 5.78 Å². The number of carbonyl (C=O) groups is 1. The Hall–Kier alpha value is -3.53. The number of nitrogens with zero attached hydrogens (tertiary/aromatic N) is 5. The maximum absolute atomic E-state index is 13.2. The molecule has 0 aliphatic carbocycles. The Labute approximate surface area is 149 Å². The lowest BCUT2D eigenvalue weighted by Gasteiger charge is -2.08. The number of aryl methyl sites for hydroxylation is 3. The van der Waals surface area contributed by atoms with Crippen LogP contribution in [0.4, 0.5) is 0 Å². The van der Waals surface area contributed by atoms with Crippen molar-refractivity contribution in [2.45, 2.75) is 19.8 Å². The second-order valence-electron chi connectivity index (χ2n) is 6.28. The lowest BCUT2D eigenvalue weighted by Crippen LogP contribution is -2.14. The van der Waals surface area contributed by atoms with Gasteiger partial charge in [-0.15, -0.1) is 0 Å². The summed E-state index contributed by atoms with van der Waals surface area (Å²) in [5.74, 6) is -0.979. The molecule has 0 spiro atoms. The number of para-hydroxylation sites is 2. The van der Waals surface area contributed by atoms with Gasteiger partial charge in [-0.2, -0.15) is 10.4 Å². The molecule has 4 aromatic rings. The number of benzene rings is 1. The van der Waals surface area contributed by atoms with Crippen molar-refractivity contribution in [3.63, 3.8) is 0 Å². The average Bonchev–Trinajstić information content (AvgIpc) is 3.16. The standard InChI is InChI=1S/C19H16N6O/c1-10-8-12(16-11(2)24-25(3)19(16)21-10)17(26)13(9-20)18-22-14-6-4-5-7-15(14)23-18/h4-8,13H,1-3H3,(H,22,23)/t13-/m0/s1. The molecular formula is C19H16N6O. The van der Waals surface area contributed by atoms with Crippen molar-refractivity contribution >= 4 is 27.9 Å². The number of nitrogens with one attached hydrogen (secondary N) is 1. The van der Waals surface area contributed by atoms with Crippen LogP contribution >= 0.6 is 0 Å². The van der Waals surface area contributed by atoms with E-state index in [0.29, 0.717) is 33.8 Å².